The molecule has 0 amide bonds. The Labute approximate surface area is 162 Å². The van der Waals surface area contributed by atoms with Gasteiger partial charge in [0.2, 0.25) is 0 Å². The highest BCUT2D eigenvalue weighted by molar-refractivity contribution is 4.95. The van der Waals surface area contributed by atoms with E-state index in [1.165, 1.54) is 44.9 Å². The summed E-state index contributed by atoms with van der Waals surface area (Å²) in [6, 6.07) is 0. The Balaban J connectivity index is 4.29. The largest absolute Gasteiger partial charge is 0.491 e. The zero-order valence-corrected chi connectivity index (χ0v) is 17.9. The number of rotatable bonds is 20. The summed E-state index contributed by atoms with van der Waals surface area (Å²) in [4.78, 5) is 0. The van der Waals surface area contributed by atoms with Gasteiger partial charge in [-0.15, -0.1) is 0 Å². The third-order valence-electron chi connectivity index (χ3n) is 4.07. The third kappa shape index (κ3) is 15.4. The highest BCUT2D eigenvalue weighted by atomic mass is 16.7. The van der Waals surface area contributed by atoms with Gasteiger partial charge in [0.05, 0.1) is 19.8 Å². The summed E-state index contributed by atoms with van der Waals surface area (Å²) in [6.45, 7) is 11.0. The van der Waals surface area contributed by atoms with E-state index in [0.29, 0.717) is 19.2 Å². The molecule has 0 N–H and O–H groups in total. The van der Waals surface area contributed by atoms with Crippen LogP contribution < -0.4 is 0 Å². The Bertz CT molecular complexity index is 315. The summed E-state index contributed by atoms with van der Waals surface area (Å²) in [5.74, 6) is 1.37. The van der Waals surface area contributed by atoms with Gasteiger partial charge in [-0.25, -0.2) is 0 Å². The molecule has 0 heterocycles. The standard InChI is InChI=1S/C22H44O4/c1-5-9-11-12-13-15-19-23-20-26-22(25-18-8-4)21(24-17-7-3)16-14-10-6-2/h5-20H2,1-4H3/b22-21-. The van der Waals surface area contributed by atoms with Crippen LogP contribution >= 0.6 is 0 Å². The van der Waals surface area contributed by atoms with E-state index in [2.05, 4.69) is 27.7 Å². The van der Waals surface area contributed by atoms with Crippen LogP contribution in [0.4, 0.5) is 0 Å². The smallest absolute Gasteiger partial charge is 0.321 e. The molecule has 0 aliphatic heterocycles. The van der Waals surface area contributed by atoms with Crippen LogP contribution in [0.5, 0.6) is 0 Å². The lowest BCUT2D eigenvalue weighted by molar-refractivity contribution is -0.0840. The first-order chi connectivity index (χ1) is 12.8. The molecular formula is C22H44O4. The summed E-state index contributed by atoms with van der Waals surface area (Å²) in [6.07, 6.45) is 13.9. The molecule has 0 fully saturated rings. The summed E-state index contributed by atoms with van der Waals surface area (Å²) >= 11 is 0. The molecule has 0 spiro atoms. The minimum atomic E-state index is 0.237. The van der Waals surface area contributed by atoms with E-state index in [1.54, 1.807) is 0 Å². The molecule has 0 bridgehead atoms. The van der Waals surface area contributed by atoms with Gasteiger partial charge in [-0.2, -0.15) is 0 Å². The lowest BCUT2D eigenvalue weighted by Gasteiger charge is -2.17. The number of hydrogen-bond donors (Lipinski definition) is 0. The molecule has 0 atom stereocenters. The second kappa shape index (κ2) is 20.4. The molecule has 0 rings (SSSR count). The first kappa shape index (κ1) is 25.1. The maximum atomic E-state index is 5.90. The molecule has 0 aromatic heterocycles. The van der Waals surface area contributed by atoms with Gasteiger partial charge < -0.3 is 18.9 Å². The molecule has 0 aliphatic carbocycles. The summed E-state index contributed by atoms with van der Waals surface area (Å²) in [5, 5.41) is 0. The van der Waals surface area contributed by atoms with E-state index in [-0.39, 0.29) is 6.79 Å². The van der Waals surface area contributed by atoms with Gasteiger partial charge in [0.25, 0.3) is 0 Å². The number of ether oxygens (including phenoxy) is 4. The van der Waals surface area contributed by atoms with Crippen LogP contribution in [0.15, 0.2) is 11.7 Å². The van der Waals surface area contributed by atoms with Crippen molar-refractivity contribution in [3.8, 4) is 0 Å². The van der Waals surface area contributed by atoms with Crippen LogP contribution in [-0.4, -0.2) is 26.6 Å². The summed E-state index contributed by atoms with van der Waals surface area (Å²) < 4.78 is 23.1. The molecular weight excluding hydrogens is 328 g/mol. The number of unbranched alkanes of at least 4 members (excludes halogenated alkanes) is 7. The van der Waals surface area contributed by atoms with Crippen molar-refractivity contribution in [1.82, 2.24) is 0 Å². The lowest BCUT2D eigenvalue weighted by atomic mass is 10.1. The Morgan fingerprint density at radius 2 is 1.15 bits per heavy atom. The van der Waals surface area contributed by atoms with E-state index >= 15 is 0 Å². The van der Waals surface area contributed by atoms with Gasteiger partial charge in [0.15, 0.2) is 12.6 Å². The number of allylic oxidation sites excluding steroid dienone is 1. The maximum Gasteiger partial charge on any atom is 0.321 e. The minimum Gasteiger partial charge on any atom is -0.491 e. The summed E-state index contributed by atoms with van der Waals surface area (Å²) in [7, 11) is 0. The van der Waals surface area contributed by atoms with Crippen molar-refractivity contribution in [1.29, 1.82) is 0 Å². The Hall–Kier alpha value is -0.900. The van der Waals surface area contributed by atoms with Gasteiger partial charge in [0, 0.05) is 6.42 Å². The zero-order chi connectivity index (χ0) is 19.3. The number of hydrogen-bond acceptors (Lipinski definition) is 4. The molecule has 0 radical (unpaired) electrons. The molecule has 0 saturated carbocycles. The second-order valence-corrected chi connectivity index (χ2v) is 6.80. The first-order valence-electron chi connectivity index (χ1n) is 11.0. The maximum absolute atomic E-state index is 5.90. The van der Waals surface area contributed by atoms with Crippen molar-refractivity contribution in [2.45, 2.75) is 105 Å². The van der Waals surface area contributed by atoms with Crippen molar-refractivity contribution >= 4 is 0 Å². The molecule has 0 unspecified atom stereocenters. The topological polar surface area (TPSA) is 36.9 Å². The van der Waals surface area contributed by atoms with Crippen LogP contribution in [0.2, 0.25) is 0 Å². The van der Waals surface area contributed by atoms with Crippen LogP contribution in [0.25, 0.3) is 0 Å². The fourth-order valence-corrected chi connectivity index (χ4v) is 2.53. The molecule has 4 nitrogen and oxygen atoms in total. The van der Waals surface area contributed by atoms with Crippen molar-refractivity contribution in [3.63, 3.8) is 0 Å². The van der Waals surface area contributed by atoms with Gasteiger partial charge in [0.1, 0.15) is 0 Å². The molecule has 0 aromatic rings. The fraction of sp³-hybridized carbons (Fsp3) is 0.909. The quantitative estimate of drug-likeness (QED) is 0.132. The van der Waals surface area contributed by atoms with Crippen LogP contribution in [-0.2, 0) is 18.9 Å². The normalized spacial score (nSPS) is 12.0. The fourth-order valence-electron chi connectivity index (χ4n) is 2.53. The van der Waals surface area contributed by atoms with E-state index in [4.69, 9.17) is 18.9 Å². The lowest BCUT2D eigenvalue weighted by Crippen LogP contribution is -2.10. The van der Waals surface area contributed by atoms with E-state index in [9.17, 15) is 0 Å². The highest BCUT2D eigenvalue weighted by Crippen LogP contribution is 2.18. The Kier molecular flexibility index (Phi) is 19.7. The molecule has 156 valence electrons. The predicted molar refractivity (Wildman–Crippen MR) is 109 cm³/mol. The molecule has 0 aliphatic rings. The second-order valence-electron chi connectivity index (χ2n) is 6.80. The predicted octanol–water partition coefficient (Wildman–Crippen LogP) is 6.94. The molecule has 0 saturated heterocycles. The van der Waals surface area contributed by atoms with Crippen LogP contribution in [0, 0.1) is 0 Å². The molecule has 4 heteroatoms. The monoisotopic (exact) mass is 372 g/mol. The van der Waals surface area contributed by atoms with Crippen LogP contribution in [0.1, 0.15) is 105 Å². The SMILES string of the molecule is CCCCCCCCOCO/C(OCCC)=C(/CCCCC)OCCC. The van der Waals surface area contributed by atoms with Crippen molar-refractivity contribution in [2.75, 3.05) is 26.6 Å². The van der Waals surface area contributed by atoms with Crippen molar-refractivity contribution < 1.29 is 18.9 Å². The Morgan fingerprint density at radius 3 is 1.85 bits per heavy atom. The molecule has 0 aromatic carbocycles. The van der Waals surface area contributed by atoms with Gasteiger partial charge in [-0.3, -0.25) is 0 Å². The van der Waals surface area contributed by atoms with Crippen molar-refractivity contribution in [2.24, 2.45) is 0 Å². The zero-order valence-electron chi connectivity index (χ0n) is 17.9. The van der Waals surface area contributed by atoms with Crippen LogP contribution in [0.3, 0.4) is 0 Å². The average Bonchev–Trinajstić information content (AvgIpc) is 2.66. The van der Waals surface area contributed by atoms with E-state index < -0.39 is 0 Å². The van der Waals surface area contributed by atoms with E-state index in [1.807, 2.05) is 0 Å². The summed E-state index contributed by atoms with van der Waals surface area (Å²) in [5.41, 5.74) is 0. The van der Waals surface area contributed by atoms with Gasteiger partial charge in [-0.1, -0.05) is 72.6 Å². The van der Waals surface area contributed by atoms with Crippen molar-refractivity contribution in [3.05, 3.63) is 11.7 Å². The van der Waals surface area contributed by atoms with Gasteiger partial charge in [-0.05, 0) is 25.7 Å². The van der Waals surface area contributed by atoms with Gasteiger partial charge >= 0.3 is 5.95 Å². The first-order valence-corrected chi connectivity index (χ1v) is 11.0. The van der Waals surface area contributed by atoms with E-state index in [0.717, 1.165) is 44.5 Å². The third-order valence-corrected chi connectivity index (χ3v) is 4.07. The highest BCUT2D eigenvalue weighted by Gasteiger charge is 2.12. The average molecular weight is 373 g/mol. The Morgan fingerprint density at radius 1 is 0.538 bits per heavy atom. The molecule has 26 heavy (non-hydrogen) atoms. The minimum absolute atomic E-state index is 0.237.